The average molecular weight is 583 g/mol. The Bertz CT molecular complexity index is 1810. The molecule has 3 aliphatic rings. The van der Waals surface area contributed by atoms with Crippen molar-refractivity contribution in [3.63, 3.8) is 0 Å². The van der Waals surface area contributed by atoms with Gasteiger partial charge in [0.15, 0.2) is 0 Å². The molecule has 0 bridgehead atoms. The lowest BCUT2D eigenvalue weighted by Crippen LogP contribution is -2.45. The number of carbonyl (C=O) groups is 1. The standard InChI is InChI=1S/C31H30N6O4S/c1-17-33-27-12-23(29-35-25-7-6-22(38)11-28(25)42-29)26(34-20-8-9-36-21(10-20)16-41-31(36)40)13-24(27)30(39)37(17)15-19-4-2-18(14-32)3-5-19/h2-5,12-13,20-22,34,38H,6-11,15-16H2,1H3/t20-,21-,22?/m0/s1. The number of aryl methyl sites for hydroxylation is 2. The second-order valence-corrected chi connectivity index (χ2v) is 12.4. The van der Waals surface area contributed by atoms with Gasteiger partial charge in [-0.1, -0.05) is 12.1 Å². The molecule has 11 heteroatoms. The molecule has 42 heavy (non-hydrogen) atoms. The van der Waals surface area contributed by atoms with Gasteiger partial charge in [-0.15, -0.1) is 11.3 Å². The maximum absolute atomic E-state index is 13.9. The predicted molar refractivity (Wildman–Crippen MR) is 159 cm³/mol. The molecule has 3 atom stereocenters. The highest BCUT2D eigenvalue weighted by Crippen LogP contribution is 2.39. The molecule has 2 fully saturated rings. The van der Waals surface area contributed by atoms with Crippen LogP contribution in [0, 0.1) is 18.3 Å². The first-order valence-electron chi connectivity index (χ1n) is 14.3. The Labute approximate surface area is 246 Å². The normalized spacial score (nSPS) is 21.5. The molecule has 2 N–H and O–H groups in total. The number of aliphatic hydroxyl groups excluding tert-OH is 1. The van der Waals surface area contributed by atoms with Gasteiger partial charge in [-0.05, 0) is 62.4 Å². The molecule has 2 aliphatic heterocycles. The van der Waals surface area contributed by atoms with Gasteiger partial charge >= 0.3 is 6.09 Å². The summed E-state index contributed by atoms with van der Waals surface area (Å²) in [6.45, 7) is 3.19. The van der Waals surface area contributed by atoms with Crippen LogP contribution in [0.2, 0.25) is 0 Å². The number of nitrogens with one attached hydrogen (secondary N) is 1. The van der Waals surface area contributed by atoms with Crippen LogP contribution < -0.4 is 10.9 Å². The number of thiazole rings is 1. The number of nitriles is 1. The number of amides is 1. The van der Waals surface area contributed by atoms with Crippen LogP contribution >= 0.6 is 11.3 Å². The average Bonchev–Trinajstić information content (AvgIpc) is 3.58. The molecular formula is C31H30N6O4S. The van der Waals surface area contributed by atoms with Gasteiger partial charge in [0.25, 0.3) is 5.56 Å². The number of rotatable bonds is 5. The Morgan fingerprint density at radius 2 is 2.02 bits per heavy atom. The van der Waals surface area contributed by atoms with E-state index >= 15 is 0 Å². The molecule has 1 amide bonds. The fourth-order valence-corrected chi connectivity index (χ4v) is 7.46. The summed E-state index contributed by atoms with van der Waals surface area (Å²) >= 11 is 1.59. The molecule has 4 heterocycles. The minimum absolute atomic E-state index is 0.0373. The molecule has 2 saturated heterocycles. The van der Waals surface area contributed by atoms with Crippen molar-refractivity contribution >= 4 is 34.0 Å². The lowest BCUT2D eigenvalue weighted by Gasteiger charge is -2.33. The number of aromatic nitrogens is 3. The van der Waals surface area contributed by atoms with E-state index < -0.39 is 0 Å². The first-order valence-corrected chi connectivity index (χ1v) is 15.1. The van der Waals surface area contributed by atoms with E-state index in [0.717, 1.165) is 51.7 Å². The highest BCUT2D eigenvalue weighted by Gasteiger charge is 2.38. The number of anilines is 1. The topological polar surface area (TPSA) is 133 Å². The largest absolute Gasteiger partial charge is 0.447 e. The zero-order valence-electron chi connectivity index (χ0n) is 23.2. The van der Waals surface area contributed by atoms with Gasteiger partial charge in [0.05, 0.1) is 46.9 Å². The second kappa shape index (κ2) is 10.5. The van der Waals surface area contributed by atoms with Crippen LogP contribution in [0.4, 0.5) is 10.5 Å². The summed E-state index contributed by atoms with van der Waals surface area (Å²) in [5, 5.41) is 24.4. The summed E-state index contributed by atoms with van der Waals surface area (Å²) in [6.07, 6.45) is 2.98. The lowest BCUT2D eigenvalue weighted by molar-refractivity contribution is 0.153. The molecule has 10 nitrogen and oxygen atoms in total. The van der Waals surface area contributed by atoms with Gasteiger partial charge < -0.3 is 20.1 Å². The molecule has 0 radical (unpaired) electrons. The maximum Gasteiger partial charge on any atom is 0.410 e. The summed E-state index contributed by atoms with van der Waals surface area (Å²) in [4.78, 5) is 38.7. The smallest absolute Gasteiger partial charge is 0.410 e. The van der Waals surface area contributed by atoms with Crippen LogP contribution in [0.5, 0.6) is 0 Å². The SMILES string of the molecule is Cc1nc2cc(-c3nc4c(s3)CC(O)CC4)c(N[C@H]3CCN4C(=O)OC[C@@H]4C3)cc2c(=O)n1Cc1ccc(C#N)cc1. The molecule has 4 aromatic rings. The highest BCUT2D eigenvalue weighted by molar-refractivity contribution is 7.15. The molecule has 2 aromatic heterocycles. The monoisotopic (exact) mass is 582 g/mol. The van der Waals surface area contributed by atoms with E-state index in [2.05, 4.69) is 11.4 Å². The zero-order valence-corrected chi connectivity index (χ0v) is 24.0. The van der Waals surface area contributed by atoms with Crippen LogP contribution in [0.1, 0.15) is 46.8 Å². The van der Waals surface area contributed by atoms with Gasteiger partial charge in [-0.3, -0.25) is 9.36 Å². The molecule has 1 unspecified atom stereocenters. The first kappa shape index (κ1) is 26.6. The minimum Gasteiger partial charge on any atom is -0.447 e. The van der Waals surface area contributed by atoms with E-state index in [0.29, 0.717) is 54.8 Å². The predicted octanol–water partition coefficient (Wildman–Crippen LogP) is 3.99. The minimum atomic E-state index is -0.347. The number of benzene rings is 2. The number of carbonyl (C=O) groups excluding carboxylic acids is 1. The van der Waals surface area contributed by atoms with Crippen LogP contribution in [0.15, 0.2) is 41.2 Å². The first-order chi connectivity index (χ1) is 20.4. The van der Waals surface area contributed by atoms with Gasteiger partial charge in [0.2, 0.25) is 0 Å². The van der Waals surface area contributed by atoms with Crippen molar-refractivity contribution < 1.29 is 14.6 Å². The molecule has 1 aliphatic carbocycles. The van der Waals surface area contributed by atoms with Crippen LogP contribution in [-0.4, -0.2) is 62.0 Å². The number of hydrogen-bond acceptors (Lipinski definition) is 9. The van der Waals surface area contributed by atoms with E-state index in [1.807, 2.05) is 31.2 Å². The number of piperidine rings is 1. The Balaban J connectivity index is 1.29. The molecule has 0 spiro atoms. The summed E-state index contributed by atoms with van der Waals surface area (Å²) in [5.74, 6) is 0.600. The summed E-state index contributed by atoms with van der Waals surface area (Å²) in [5.41, 5.74) is 4.67. The Morgan fingerprint density at radius 1 is 1.19 bits per heavy atom. The van der Waals surface area contributed by atoms with E-state index in [1.54, 1.807) is 32.9 Å². The Kier molecular flexibility index (Phi) is 6.67. The van der Waals surface area contributed by atoms with E-state index in [9.17, 15) is 14.7 Å². The number of fused-ring (bicyclic) bond motifs is 3. The van der Waals surface area contributed by atoms with E-state index in [4.69, 9.17) is 20.0 Å². The van der Waals surface area contributed by atoms with Gasteiger partial charge in [-0.25, -0.2) is 14.8 Å². The van der Waals surface area contributed by atoms with Crippen LogP contribution in [-0.2, 0) is 24.1 Å². The van der Waals surface area contributed by atoms with Crippen molar-refractivity contribution in [2.24, 2.45) is 0 Å². The van der Waals surface area contributed by atoms with Crippen molar-refractivity contribution in [3.8, 4) is 16.6 Å². The number of ether oxygens (including phenoxy) is 1. The van der Waals surface area contributed by atoms with Gasteiger partial charge in [0, 0.05) is 35.1 Å². The summed E-state index contributed by atoms with van der Waals surface area (Å²) in [7, 11) is 0. The molecular weight excluding hydrogens is 552 g/mol. The summed E-state index contributed by atoms with van der Waals surface area (Å²) < 4.78 is 6.93. The van der Waals surface area contributed by atoms with Crippen molar-refractivity contribution in [1.29, 1.82) is 5.26 Å². The quantitative estimate of drug-likeness (QED) is 0.361. The number of nitrogens with zero attached hydrogens (tertiary/aromatic N) is 5. The van der Waals surface area contributed by atoms with Crippen LogP contribution in [0.3, 0.4) is 0 Å². The maximum atomic E-state index is 13.9. The van der Waals surface area contributed by atoms with E-state index in [-0.39, 0.29) is 29.8 Å². The number of cyclic esters (lactones) is 1. The van der Waals surface area contributed by atoms with E-state index in [1.165, 1.54) is 0 Å². The number of hydrogen-bond donors (Lipinski definition) is 2. The fourth-order valence-electron chi connectivity index (χ4n) is 6.25. The van der Waals surface area contributed by atoms with Crippen molar-refractivity contribution in [2.45, 2.75) is 63.8 Å². The molecule has 214 valence electrons. The highest BCUT2D eigenvalue weighted by atomic mass is 32.1. The number of aliphatic hydroxyl groups is 1. The molecule has 7 rings (SSSR count). The van der Waals surface area contributed by atoms with Crippen LogP contribution in [0.25, 0.3) is 21.5 Å². The second-order valence-electron chi connectivity index (χ2n) is 11.3. The third-order valence-electron chi connectivity index (χ3n) is 8.56. The lowest BCUT2D eigenvalue weighted by atomic mass is 9.97. The van der Waals surface area contributed by atoms with Crippen molar-refractivity contribution in [3.05, 3.63) is 74.3 Å². The van der Waals surface area contributed by atoms with Gasteiger partial charge in [-0.2, -0.15) is 5.26 Å². The fraction of sp³-hybridized carbons (Fsp3) is 0.387. The van der Waals surface area contributed by atoms with Gasteiger partial charge in [0.1, 0.15) is 17.4 Å². The Hall–Kier alpha value is -4.27. The van der Waals surface area contributed by atoms with Crippen molar-refractivity contribution in [2.75, 3.05) is 18.5 Å². The zero-order chi connectivity index (χ0) is 29.0. The van der Waals surface area contributed by atoms with Crippen molar-refractivity contribution in [1.82, 2.24) is 19.4 Å². The third kappa shape index (κ3) is 4.80. The Morgan fingerprint density at radius 3 is 2.83 bits per heavy atom. The molecule has 2 aromatic carbocycles. The third-order valence-corrected chi connectivity index (χ3v) is 9.71. The summed E-state index contributed by atoms with van der Waals surface area (Å²) in [6, 6.07) is 13.3. The molecule has 0 saturated carbocycles.